The highest BCUT2D eigenvalue weighted by Crippen LogP contribution is 2.39. The number of carbonyl (C=O) groups excluding carboxylic acids is 1. The zero-order chi connectivity index (χ0) is 48.7. The summed E-state index contributed by atoms with van der Waals surface area (Å²) < 4.78 is 93.5. The van der Waals surface area contributed by atoms with Crippen LogP contribution in [0.1, 0.15) is 58.2 Å². The van der Waals surface area contributed by atoms with Crippen molar-refractivity contribution >= 4 is 57.0 Å². The molecule has 66 heavy (non-hydrogen) atoms. The highest BCUT2D eigenvalue weighted by Gasteiger charge is 2.41. The van der Waals surface area contributed by atoms with E-state index in [1.165, 1.54) is 35.5 Å². The Morgan fingerprint density at radius 3 is 1.73 bits per heavy atom. The number of methoxy groups -OCH3 is 3. The van der Waals surface area contributed by atoms with Gasteiger partial charge in [-0.1, -0.05) is 57.2 Å². The third kappa shape index (κ3) is 13.7. The van der Waals surface area contributed by atoms with Crippen LogP contribution in [0.15, 0.2) is 94.7 Å². The number of ether oxygens (including phenoxy) is 4. The van der Waals surface area contributed by atoms with E-state index >= 15 is 8.42 Å². The minimum Gasteiger partial charge on any atom is -0.497 e. The Hall–Kier alpha value is -4.65. The normalized spacial score (nSPS) is 13.0. The first-order valence-electron chi connectivity index (χ1n) is 21.0. The van der Waals surface area contributed by atoms with Crippen LogP contribution in [0.3, 0.4) is 0 Å². The van der Waals surface area contributed by atoms with Crippen molar-refractivity contribution in [2.75, 3.05) is 34.4 Å². The number of aromatic nitrogens is 4. The van der Waals surface area contributed by atoms with Crippen molar-refractivity contribution in [3.8, 4) is 28.6 Å². The summed E-state index contributed by atoms with van der Waals surface area (Å²) in [5.41, 5.74) is 1.18. The van der Waals surface area contributed by atoms with Gasteiger partial charge in [0.2, 0.25) is 25.9 Å². The monoisotopic (exact) mass is 1080 g/mol. The van der Waals surface area contributed by atoms with Crippen LogP contribution in [0.2, 0.25) is 18.1 Å². The van der Waals surface area contributed by atoms with Gasteiger partial charge in [0.05, 0.1) is 39.5 Å². The van der Waals surface area contributed by atoms with E-state index in [0.717, 1.165) is 5.56 Å². The number of tetrazole rings is 1. The molecule has 1 unspecified atom stereocenters. The van der Waals surface area contributed by atoms with Crippen LogP contribution in [0.5, 0.6) is 17.2 Å². The Labute approximate surface area is 403 Å². The average Bonchev–Trinajstić information content (AvgIpc) is 3.71. The maximum atomic E-state index is 15.7. The van der Waals surface area contributed by atoms with Crippen molar-refractivity contribution in [3.63, 3.8) is 0 Å². The summed E-state index contributed by atoms with van der Waals surface area (Å²) >= 11 is 1.96. The number of benzene rings is 4. The van der Waals surface area contributed by atoms with E-state index in [0.29, 0.717) is 31.9 Å². The summed E-state index contributed by atoms with van der Waals surface area (Å²) in [4.78, 5) is 13.0. The molecule has 1 aromatic heterocycles. The van der Waals surface area contributed by atoms with Gasteiger partial charge < -0.3 is 28.7 Å². The molecule has 4 aromatic carbocycles. The summed E-state index contributed by atoms with van der Waals surface area (Å²) in [5, 5.41) is 15.6. The highest BCUT2D eigenvalue weighted by molar-refractivity contribution is 14.1. The van der Waals surface area contributed by atoms with Crippen LogP contribution in [0.25, 0.3) is 11.4 Å². The van der Waals surface area contributed by atoms with E-state index in [1.807, 2.05) is 68.6 Å². The molecule has 1 atom stereocenters. The predicted octanol–water partition coefficient (Wildman–Crippen LogP) is 7.60. The molecule has 5 aromatic rings. The molecule has 0 fully saturated rings. The number of hydrogen-bond acceptors (Lipinski definition) is 13. The van der Waals surface area contributed by atoms with E-state index in [9.17, 15) is 13.2 Å². The van der Waals surface area contributed by atoms with Crippen molar-refractivity contribution in [2.24, 2.45) is 0 Å². The molecule has 0 spiro atoms. The summed E-state index contributed by atoms with van der Waals surface area (Å²) in [6, 6.07) is 23.8. The van der Waals surface area contributed by atoms with Crippen molar-refractivity contribution in [2.45, 2.75) is 101 Å². The fourth-order valence-electron chi connectivity index (χ4n) is 6.28. The maximum absolute atomic E-state index is 15.7. The zero-order valence-electron chi connectivity index (χ0n) is 39.2. The number of sulfonamides is 2. The van der Waals surface area contributed by atoms with Gasteiger partial charge in [-0.2, -0.15) is 9.10 Å². The van der Waals surface area contributed by atoms with Crippen LogP contribution >= 0.6 is 22.6 Å². The number of hydrogen-bond donors (Lipinski definition) is 2. The standard InChI is InChI=1S/C45H60IN7O10S2Si/c1-44(2,3)62-43(54)47-26-37(63-66(10,11)45(4,5)6)27-48-64(55,56)39-25-24-38(46)40(42-49-51-53(50-42)30-33-16-22-36(61-9)23-17-33)41(39)65(57,58)52(28-31-12-18-34(59-7)19-13-31)29-32-14-20-35(60-8)21-15-32/h12-25,37,48H,26-30H2,1-11H3,(H,47,54). The van der Waals surface area contributed by atoms with Crippen molar-refractivity contribution in [1.29, 1.82) is 0 Å². The molecule has 21 heteroatoms. The first kappa shape index (κ1) is 52.3. The van der Waals surface area contributed by atoms with E-state index in [4.69, 9.17) is 23.4 Å². The van der Waals surface area contributed by atoms with E-state index in [1.54, 1.807) is 88.5 Å². The molecule has 0 aliphatic carbocycles. The highest BCUT2D eigenvalue weighted by atomic mass is 127. The number of halogens is 1. The van der Waals surface area contributed by atoms with Crippen LogP contribution < -0.4 is 24.2 Å². The lowest BCUT2D eigenvalue weighted by atomic mass is 10.2. The second-order valence-electron chi connectivity index (χ2n) is 17.9. The van der Waals surface area contributed by atoms with Crippen molar-refractivity contribution in [1.82, 2.24) is 34.6 Å². The Morgan fingerprint density at radius 1 is 0.758 bits per heavy atom. The first-order valence-corrected chi connectivity index (χ1v) is 27.9. The summed E-state index contributed by atoms with van der Waals surface area (Å²) in [6.07, 6.45) is -1.58. The van der Waals surface area contributed by atoms with Crippen LogP contribution in [0.4, 0.5) is 4.79 Å². The first-order chi connectivity index (χ1) is 30.8. The Balaban J connectivity index is 1.66. The molecule has 5 rings (SSSR count). The van der Waals surface area contributed by atoms with Gasteiger partial charge in [0.25, 0.3) is 0 Å². The topological polar surface area (TPSA) is 202 Å². The Morgan fingerprint density at radius 2 is 1.26 bits per heavy atom. The van der Waals surface area contributed by atoms with Gasteiger partial charge >= 0.3 is 6.09 Å². The fraction of sp³-hybridized carbons (Fsp3) is 0.422. The second kappa shape index (κ2) is 21.5. The van der Waals surface area contributed by atoms with Gasteiger partial charge in [-0.25, -0.2) is 26.4 Å². The number of nitrogens with one attached hydrogen (secondary N) is 2. The van der Waals surface area contributed by atoms with Crippen molar-refractivity contribution < 1.29 is 45.0 Å². The third-order valence-electron chi connectivity index (χ3n) is 10.8. The lowest BCUT2D eigenvalue weighted by Crippen LogP contribution is -2.51. The van der Waals surface area contributed by atoms with Gasteiger partial charge in [-0.3, -0.25) is 0 Å². The SMILES string of the molecule is COc1ccc(CN(Cc2ccc(OC)cc2)S(=O)(=O)c2c(S(=O)(=O)NCC(CNC(=O)OC(C)(C)C)O[Si](C)(C)C(C)(C)C)ccc(I)c2-c2nnn(Cc3ccc(OC)cc3)n2)cc1. The maximum Gasteiger partial charge on any atom is 0.407 e. The molecule has 1 amide bonds. The third-order valence-corrected chi connectivity index (χ3v) is 19.7. The molecule has 17 nitrogen and oxygen atoms in total. The minimum atomic E-state index is -4.81. The smallest absolute Gasteiger partial charge is 0.407 e. The van der Waals surface area contributed by atoms with E-state index in [-0.39, 0.29) is 49.1 Å². The fourth-order valence-corrected chi connectivity index (χ4v) is 12.0. The Bertz CT molecular complexity index is 2610. The zero-order valence-corrected chi connectivity index (χ0v) is 44.0. The molecule has 0 saturated heterocycles. The van der Waals surface area contributed by atoms with Gasteiger partial charge in [-0.15, -0.1) is 10.2 Å². The summed E-state index contributed by atoms with van der Waals surface area (Å²) in [6.45, 7) is 14.7. The molecular weight excluding hydrogens is 1020 g/mol. The summed E-state index contributed by atoms with van der Waals surface area (Å²) in [7, 11) is -7.47. The molecule has 1 heterocycles. The van der Waals surface area contributed by atoms with E-state index < -0.39 is 56.0 Å². The van der Waals surface area contributed by atoms with Gasteiger partial charge in [0, 0.05) is 29.7 Å². The lowest BCUT2D eigenvalue weighted by Gasteiger charge is -2.39. The molecule has 0 aliphatic rings. The predicted molar refractivity (Wildman–Crippen MR) is 262 cm³/mol. The van der Waals surface area contributed by atoms with Gasteiger partial charge in [0.1, 0.15) is 32.6 Å². The van der Waals surface area contributed by atoms with Crippen LogP contribution in [-0.2, 0) is 48.8 Å². The van der Waals surface area contributed by atoms with E-state index in [2.05, 4.69) is 25.4 Å². The van der Waals surface area contributed by atoms with Crippen LogP contribution in [0, 0.1) is 3.57 Å². The summed E-state index contributed by atoms with van der Waals surface area (Å²) in [5.74, 6) is 1.69. The quantitative estimate of drug-likeness (QED) is 0.0571. The Kier molecular flexibility index (Phi) is 17.1. The lowest BCUT2D eigenvalue weighted by molar-refractivity contribution is 0.0498. The van der Waals surface area contributed by atoms with Crippen molar-refractivity contribution in [3.05, 3.63) is 105 Å². The number of carbonyl (C=O) groups is 1. The van der Waals surface area contributed by atoms with Gasteiger partial charge in [-0.05, 0) is 132 Å². The largest absolute Gasteiger partial charge is 0.497 e. The minimum absolute atomic E-state index is 0.0606. The molecule has 0 aliphatic heterocycles. The molecule has 2 N–H and O–H groups in total. The number of amides is 1. The second-order valence-corrected chi connectivity index (χ2v) is 27.5. The number of rotatable bonds is 20. The molecule has 0 bridgehead atoms. The van der Waals surface area contributed by atoms with Crippen LogP contribution in [-0.4, -0.2) is 102 Å². The molecule has 0 saturated carbocycles. The number of alkyl carbamates (subject to hydrolysis) is 1. The average molecular weight is 1080 g/mol. The molecule has 358 valence electrons. The molecular formula is C45H60IN7O10S2Si. The molecule has 0 radical (unpaired) electrons. The number of nitrogens with zero attached hydrogens (tertiary/aromatic N) is 5. The van der Waals surface area contributed by atoms with Gasteiger partial charge in [0.15, 0.2) is 8.32 Å².